The summed E-state index contributed by atoms with van der Waals surface area (Å²) in [4.78, 5) is 0.186. The maximum Gasteiger partial charge on any atom is 0.260 e. The van der Waals surface area contributed by atoms with Crippen LogP contribution in [0.3, 0.4) is 0 Å². The Labute approximate surface area is 167 Å². The summed E-state index contributed by atoms with van der Waals surface area (Å²) in [6, 6.07) is 16.7. The molecule has 3 aromatic rings. The van der Waals surface area contributed by atoms with Crippen molar-refractivity contribution in [1.29, 1.82) is 0 Å². The molecule has 2 heterocycles. The van der Waals surface area contributed by atoms with Gasteiger partial charge in [0.25, 0.3) is 10.0 Å². The number of anilines is 1. The van der Waals surface area contributed by atoms with E-state index in [1.54, 1.807) is 53.7 Å². The van der Waals surface area contributed by atoms with E-state index in [1.807, 2.05) is 6.07 Å². The third-order valence-corrected chi connectivity index (χ3v) is 6.77. The number of furan rings is 1. The van der Waals surface area contributed by atoms with Crippen molar-refractivity contribution in [3.63, 3.8) is 0 Å². The van der Waals surface area contributed by atoms with Crippen LogP contribution in [0.4, 0.5) is 5.69 Å². The second-order valence-corrected chi connectivity index (χ2v) is 8.86. The first-order valence-corrected chi connectivity index (χ1v) is 10.5. The Morgan fingerprint density at radius 1 is 0.926 bits per heavy atom. The summed E-state index contributed by atoms with van der Waals surface area (Å²) in [5.74, 6) is 0.707. The fourth-order valence-corrected chi connectivity index (χ4v) is 4.99. The molecular weight excluding hydrogens is 407 g/mol. The molecule has 0 radical (unpaired) electrons. The van der Waals surface area contributed by atoms with E-state index in [1.165, 1.54) is 16.5 Å². The number of halogens is 2. The van der Waals surface area contributed by atoms with Gasteiger partial charge in [-0.25, -0.2) is 8.42 Å². The fraction of sp³-hybridized carbons (Fsp3) is 0.158. The van der Waals surface area contributed by atoms with Crippen molar-refractivity contribution >= 4 is 38.9 Å². The van der Waals surface area contributed by atoms with Crippen molar-refractivity contribution < 1.29 is 12.8 Å². The molecule has 0 aliphatic carbocycles. The van der Waals surface area contributed by atoms with Gasteiger partial charge in [0, 0.05) is 16.6 Å². The lowest BCUT2D eigenvalue weighted by Gasteiger charge is -2.32. The van der Waals surface area contributed by atoms with Crippen LogP contribution in [-0.4, -0.2) is 19.4 Å². The van der Waals surface area contributed by atoms with Gasteiger partial charge in [-0.2, -0.15) is 0 Å². The van der Waals surface area contributed by atoms with E-state index in [0.717, 1.165) is 5.69 Å². The molecule has 0 bridgehead atoms. The summed E-state index contributed by atoms with van der Waals surface area (Å²) in [5.41, 5.74) is 0.718. The molecule has 0 amide bonds. The molecule has 1 atom stereocenters. The molecular formula is C19H16Cl2N2O3S. The lowest BCUT2D eigenvalue weighted by molar-refractivity contribution is 0.412. The van der Waals surface area contributed by atoms with E-state index in [4.69, 9.17) is 27.6 Å². The van der Waals surface area contributed by atoms with Crippen molar-refractivity contribution in [2.24, 2.45) is 0 Å². The predicted octanol–water partition coefficient (Wildman–Crippen LogP) is 5.14. The lowest BCUT2D eigenvalue weighted by atomic mass is 10.1. The molecule has 1 saturated heterocycles. The van der Waals surface area contributed by atoms with Crippen molar-refractivity contribution in [2.45, 2.75) is 17.4 Å². The molecule has 0 spiro atoms. The van der Waals surface area contributed by atoms with Crippen LogP contribution in [0.25, 0.3) is 0 Å². The Balaban J connectivity index is 1.78. The Kier molecular flexibility index (Phi) is 4.90. The summed E-state index contributed by atoms with van der Waals surface area (Å²) in [6.07, 6.45) is 2.19. The van der Waals surface area contributed by atoms with Crippen LogP contribution in [0.1, 0.15) is 18.2 Å². The summed E-state index contributed by atoms with van der Waals surface area (Å²) in [6.45, 7) is 0.332. The van der Waals surface area contributed by atoms with Crippen LogP contribution in [0.15, 0.2) is 76.2 Å². The van der Waals surface area contributed by atoms with Crippen molar-refractivity contribution in [2.75, 3.05) is 11.6 Å². The largest absolute Gasteiger partial charge is 0.467 e. The molecule has 0 N–H and O–H groups in total. The number of sulfonamides is 1. The highest BCUT2D eigenvalue weighted by molar-refractivity contribution is 7.89. The molecule has 1 aliphatic rings. The van der Waals surface area contributed by atoms with Crippen LogP contribution >= 0.6 is 23.2 Å². The topological polar surface area (TPSA) is 53.8 Å². The van der Waals surface area contributed by atoms with E-state index in [2.05, 4.69) is 0 Å². The minimum Gasteiger partial charge on any atom is -0.467 e. The van der Waals surface area contributed by atoms with Gasteiger partial charge in [0.1, 0.15) is 11.8 Å². The first-order chi connectivity index (χ1) is 13.0. The van der Waals surface area contributed by atoms with Gasteiger partial charge in [0.2, 0.25) is 0 Å². The minimum absolute atomic E-state index is 0.186. The van der Waals surface area contributed by atoms with Crippen molar-refractivity contribution in [3.8, 4) is 0 Å². The van der Waals surface area contributed by atoms with Gasteiger partial charge in [-0.05, 0) is 67.1 Å². The Morgan fingerprint density at radius 3 is 2.15 bits per heavy atom. The van der Waals surface area contributed by atoms with Gasteiger partial charge in [0.05, 0.1) is 16.8 Å². The third-order valence-electron chi connectivity index (χ3n) is 4.48. The van der Waals surface area contributed by atoms with Gasteiger partial charge >= 0.3 is 0 Å². The zero-order chi connectivity index (χ0) is 19.0. The number of hydrazine groups is 1. The highest BCUT2D eigenvalue weighted by Crippen LogP contribution is 2.40. The Hall–Kier alpha value is -1.99. The zero-order valence-corrected chi connectivity index (χ0v) is 16.5. The summed E-state index contributed by atoms with van der Waals surface area (Å²) in [5, 5.41) is 2.82. The van der Waals surface area contributed by atoms with Gasteiger partial charge in [-0.15, -0.1) is 4.41 Å². The van der Waals surface area contributed by atoms with E-state index in [0.29, 0.717) is 28.8 Å². The first-order valence-electron chi connectivity index (χ1n) is 8.33. The predicted molar refractivity (Wildman–Crippen MR) is 105 cm³/mol. The van der Waals surface area contributed by atoms with Crippen LogP contribution in [0.5, 0.6) is 0 Å². The maximum absolute atomic E-state index is 13.3. The molecule has 8 heteroatoms. The molecule has 2 aromatic carbocycles. The van der Waals surface area contributed by atoms with Crippen molar-refractivity contribution in [3.05, 3.63) is 82.7 Å². The molecule has 4 rings (SSSR count). The summed E-state index contributed by atoms with van der Waals surface area (Å²) in [7, 11) is -3.76. The first kappa shape index (κ1) is 18.4. The highest BCUT2D eigenvalue weighted by Gasteiger charge is 2.41. The van der Waals surface area contributed by atoms with Gasteiger partial charge in [-0.3, -0.25) is 5.01 Å². The number of hydrogen-bond acceptors (Lipinski definition) is 4. The van der Waals surface area contributed by atoms with Gasteiger partial charge in [0.15, 0.2) is 0 Å². The van der Waals surface area contributed by atoms with Crippen LogP contribution < -0.4 is 5.01 Å². The standard InChI is InChI=1S/C19H16Cl2N2O3S/c20-14-3-7-16(8-4-14)23-18(19-2-1-13-26-19)11-12-22(23)27(24,25)17-9-5-15(21)6-10-17/h1-10,13,18H,11-12H2. The smallest absolute Gasteiger partial charge is 0.260 e. The highest BCUT2D eigenvalue weighted by atomic mass is 35.5. The number of nitrogens with zero attached hydrogens (tertiary/aromatic N) is 2. The van der Waals surface area contributed by atoms with Crippen molar-refractivity contribution in [1.82, 2.24) is 4.41 Å². The molecule has 1 aromatic heterocycles. The molecule has 1 unspecified atom stereocenters. The van der Waals surface area contributed by atoms with E-state index in [-0.39, 0.29) is 10.9 Å². The molecule has 5 nitrogen and oxygen atoms in total. The molecule has 140 valence electrons. The van der Waals surface area contributed by atoms with Crippen LogP contribution in [0.2, 0.25) is 10.0 Å². The normalized spacial score (nSPS) is 18.1. The minimum atomic E-state index is -3.76. The molecule has 1 aliphatic heterocycles. The monoisotopic (exact) mass is 422 g/mol. The average molecular weight is 423 g/mol. The summed E-state index contributed by atoms with van der Waals surface area (Å²) < 4.78 is 33.5. The third kappa shape index (κ3) is 3.46. The summed E-state index contributed by atoms with van der Waals surface area (Å²) >= 11 is 11.9. The quantitative estimate of drug-likeness (QED) is 0.583. The fourth-order valence-electron chi connectivity index (χ4n) is 3.23. The SMILES string of the molecule is O=S(=O)(c1ccc(Cl)cc1)N1CCC(c2ccco2)N1c1ccc(Cl)cc1. The second kappa shape index (κ2) is 7.20. The average Bonchev–Trinajstić information content (AvgIpc) is 3.32. The second-order valence-electron chi connectivity index (χ2n) is 6.15. The molecule has 27 heavy (non-hydrogen) atoms. The Morgan fingerprint density at radius 2 is 1.56 bits per heavy atom. The van der Waals surface area contributed by atoms with Crippen LogP contribution in [-0.2, 0) is 10.0 Å². The molecule has 0 saturated carbocycles. The zero-order valence-electron chi connectivity index (χ0n) is 14.1. The van der Waals surface area contributed by atoms with E-state index in [9.17, 15) is 8.42 Å². The number of benzene rings is 2. The number of rotatable bonds is 4. The Bertz CT molecular complexity index is 1020. The van der Waals surface area contributed by atoms with Gasteiger partial charge < -0.3 is 4.42 Å². The number of hydrogen-bond donors (Lipinski definition) is 0. The lowest BCUT2D eigenvalue weighted by Crippen LogP contribution is -2.42. The van der Waals surface area contributed by atoms with E-state index < -0.39 is 10.0 Å². The maximum atomic E-state index is 13.3. The van der Waals surface area contributed by atoms with Crippen LogP contribution in [0, 0.1) is 0 Å². The van der Waals surface area contributed by atoms with E-state index >= 15 is 0 Å². The molecule has 1 fully saturated rings. The van der Waals surface area contributed by atoms with Gasteiger partial charge in [-0.1, -0.05) is 23.2 Å².